The van der Waals surface area contributed by atoms with Crippen LogP contribution in [0.3, 0.4) is 0 Å². The van der Waals surface area contributed by atoms with E-state index in [-0.39, 0.29) is 0 Å². The van der Waals surface area contributed by atoms with Crippen LogP contribution in [-0.4, -0.2) is 0 Å². The molecule has 136 valence electrons. The third-order valence-electron chi connectivity index (χ3n) is 4.89. The van der Waals surface area contributed by atoms with Crippen molar-refractivity contribution in [1.29, 1.82) is 0 Å². The Morgan fingerprint density at radius 2 is 1.00 bits per heavy atom. The Labute approximate surface area is 166 Å². The molecule has 0 atom stereocenters. The summed E-state index contributed by atoms with van der Waals surface area (Å²) in [5, 5.41) is 9.70. The Kier molecular flexibility index (Phi) is 5.11. The minimum absolute atomic E-state index is 0.715. The van der Waals surface area contributed by atoms with Crippen molar-refractivity contribution >= 4 is 5.69 Å². The number of hydrogen-bond acceptors (Lipinski definition) is 2. The van der Waals surface area contributed by atoms with Gasteiger partial charge in [0.2, 0.25) is 0 Å². The zero-order valence-corrected chi connectivity index (χ0v) is 15.9. The van der Waals surface area contributed by atoms with Gasteiger partial charge in [0.05, 0.1) is 5.69 Å². The Morgan fingerprint density at radius 1 is 0.536 bits per heavy atom. The maximum atomic E-state index is 5.00. The summed E-state index contributed by atoms with van der Waals surface area (Å²) in [4.78, 5) is 0. The van der Waals surface area contributed by atoms with Gasteiger partial charge in [0.1, 0.15) is 0 Å². The van der Waals surface area contributed by atoms with Gasteiger partial charge in [0.15, 0.2) is 5.54 Å². The minimum Gasteiger partial charge on any atom is -0.167 e. The lowest BCUT2D eigenvalue weighted by Gasteiger charge is -2.30. The maximum Gasteiger partial charge on any atom is 0.157 e. The normalized spacial score (nSPS) is 11.6. The van der Waals surface area contributed by atoms with E-state index in [1.807, 2.05) is 30.3 Å². The summed E-state index contributed by atoms with van der Waals surface area (Å²) in [6.07, 6.45) is 0. The van der Waals surface area contributed by atoms with E-state index < -0.39 is 5.54 Å². The van der Waals surface area contributed by atoms with Crippen LogP contribution in [0.1, 0.15) is 22.3 Å². The molecule has 0 aliphatic heterocycles. The van der Waals surface area contributed by atoms with Gasteiger partial charge in [-0.3, -0.25) is 0 Å². The monoisotopic (exact) mass is 362 g/mol. The predicted molar refractivity (Wildman–Crippen MR) is 115 cm³/mol. The average molecular weight is 362 g/mol. The summed E-state index contributed by atoms with van der Waals surface area (Å²) in [6.45, 7) is 2.07. The molecular formula is C26H22N2. The van der Waals surface area contributed by atoms with Crippen LogP contribution in [0.25, 0.3) is 0 Å². The van der Waals surface area contributed by atoms with Crippen molar-refractivity contribution in [3.63, 3.8) is 0 Å². The molecule has 0 radical (unpaired) electrons. The van der Waals surface area contributed by atoms with Crippen LogP contribution >= 0.6 is 0 Å². The van der Waals surface area contributed by atoms with Crippen molar-refractivity contribution in [2.24, 2.45) is 10.2 Å². The molecular weight excluding hydrogens is 340 g/mol. The molecule has 28 heavy (non-hydrogen) atoms. The van der Waals surface area contributed by atoms with Crippen molar-refractivity contribution in [2.75, 3.05) is 0 Å². The molecule has 0 saturated heterocycles. The van der Waals surface area contributed by atoms with Gasteiger partial charge in [-0.1, -0.05) is 103 Å². The van der Waals surface area contributed by atoms with Gasteiger partial charge in [-0.15, -0.1) is 0 Å². The number of aryl methyl sites for hydroxylation is 1. The molecule has 4 rings (SSSR count). The van der Waals surface area contributed by atoms with Gasteiger partial charge in [0.25, 0.3) is 0 Å². The van der Waals surface area contributed by atoms with Gasteiger partial charge in [-0.25, -0.2) is 0 Å². The van der Waals surface area contributed by atoms with Crippen LogP contribution in [0.2, 0.25) is 0 Å². The third kappa shape index (κ3) is 3.49. The molecule has 0 saturated carbocycles. The van der Waals surface area contributed by atoms with Gasteiger partial charge >= 0.3 is 0 Å². The molecule has 4 aromatic rings. The number of rotatable bonds is 5. The first-order valence-corrected chi connectivity index (χ1v) is 9.45. The Morgan fingerprint density at radius 3 is 1.43 bits per heavy atom. The lowest BCUT2D eigenvalue weighted by Crippen LogP contribution is -2.26. The van der Waals surface area contributed by atoms with E-state index in [0.717, 1.165) is 22.4 Å². The molecule has 0 spiro atoms. The van der Waals surface area contributed by atoms with E-state index in [1.54, 1.807) is 0 Å². The van der Waals surface area contributed by atoms with Crippen LogP contribution in [0, 0.1) is 6.92 Å². The van der Waals surface area contributed by atoms with Gasteiger partial charge in [-0.2, -0.15) is 10.2 Å². The molecule has 2 nitrogen and oxygen atoms in total. The smallest absolute Gasteiger partial charge is 0.157 e. The molecule has 0 heterocycles. The topological polar surface area (TPSA) is 24.7 Å². The largest absolute Gasteiger partial charge is 0.167 e. The molecule has 0 aliphatic rings. The van der Waals surface area contributed by atoms with Crippen LogP contribution in [-0.2, 0) is 5.54 Å². The highest BCUT2D eigenvalue weighted by atomic mass is 15.2. The maximum absolute atomic E-state index is 5.00. The highest BCUT2D eigenvalue weighted by molar-refractivity contribution is 5.50. The zero-order chi connectivity index (χ0) is 19.2. The van der Waals surface area contributed by atoms with Gasteiger partial charge < -0.3 is 0 Å². The van der Waals surface area contributed by atoms with E-state index in [1.165, 1.54) is 5.56 Å². The number of nitrogens with zero attached hydrogens (tertiary/aromatic N) is 2. The highest BCUT2D eigenvalue weighted by Gasteiger charge is 2.36. The SMILES string of the molecule is Cc1cccc(/N=N/C(c2ccccc2)(c2ccccc2)c2ccccc2)c1. The summed E-state index contributed by atoms with van der Waals surface area (Å²) < 4.78 is 0. The van der Waals surface area contributed by atoms with Gasteiger partial charge in [0, 0.05) is 0 Å². The van der Waals surface area contributed by atoms with Crippen LogP contribution in [0.15, 0.2) is 125 Å². The van der Waals surface area contributed by atoms with Crippen LogP contribution in [0.4, 0.5) is 5.69 Å². The van der Waals surface area contributed by atoms with Gasteiger partial charge in [-0.05, 0) is 41.3 Å². The van der Waals surface area contributed by atoms with E-state index in [2.05, 4.69) is 91.9 Å². The average Bonchev–Trinajstić information content (AvgIpc) is 2.77. The lowest BCUT2D eigenvalue weighted by molar-refractivity contribution is 0.618. The van der Waals surface area contributed by atoms with Crippen molar-refractivity contribution in [3.8, 4) is 0 Å². The van der Waals surface area contributed by atoms with E-state index in [9.17, 15) is 0 Å². The summed E-state index contributed by atoms with van der Waals surface area (Å²) >= 11 is 0. The predicted octanol–water partition coefficient (Wildman–Crippen LogP) is 7.07. The van der Waals surface area contributed by atoms with Crippen molar-refractivity contribution in [1.82, 2.24) is 0 Å². The van der Waals surface area contributed by atoms with Crippen LogP contribution in [0.5, 0.6) is 0 Å². The molecule has 0 aromatic heterocycles. The summed E-state index contributed by atoms with van der Waals surface area (Å²) in [5.41, 5.74) is 4.57. The van der Waals surface area contributed by atoms with Crippen molar-refractivity contribution in [2.45, 2.75) is 12.5 Å². The molecule has 0 N–H and O–H groups in total. The van der Waals surface area contributed by atoms with E-state index in [0.29, 0.717) is 0 Å². The fourth-order valence-corrected chi connectivity index (χ4v) is 3.53. The second kappa shape index (κ2) is 8.01. The molecule has 0 bridgehead atoms. The fraction of sp³-hybridized carbons (Fsp3) is 0.0769. The van der Waals surface area contributed by atoms with E-state index in [4.69, 9.17) is 10.2 Å². The Hall–Kier alpha value is -3.52. The second-order valence-corrected chi connectivity index (χ2v) is 6.85. The zero-order valence-electron chi connectivity index (χ0n) is 15.9. The van der Waals surface area contributed by atoms with Crippen LogP contribution < -0.4 is 0 Å². The van der Waals surface area contributed by atoms with E-state index >= 15 is 0 Å². The first-order valence-electron chi connectivity index (χ1n) is 9.45. The standard InChI is InChI=1S/C26H22N2/c1-21-12-11-19-25(20-21)27-28-26(22-13-5-2-6-14-22,23-15-7-3-8-16-23)24-17-9-4-10-18-24/h2-20H,1H3/b28-27+. The quantitative estimate of drug-likeness (QED) is 0.268. The lowest BCUT2D eigenvalue weighted by atomic mass is 9.78. The molecule has 2 heteroatoms. The van der Waals surface area contributed by atoms with Crippen molar-refractivity contribution < 1.29 is 0 Å². The second-order valence-electron chi connectivity index (χ2n) is 6.85. The fourth-order valence-electron chi connectivity index (χ4n) is 3.53. The molecule has 0 unspecified atom stereocenters. The number of benzene rings is 4. The minimum atomic E-state index is -0.715. The highest BCUT2D eigenvalue weighted by Crippen LogP contribution is 2.41. The summed E-state index contributed by atoms with van der Waals surface area (Å²) in [6, 6.07) is 39.3. The number of hydrogen-bond donors (Lipinski definition) is 0. The Bertz CT molecular complexity index is 958. The summed E-state index contributed by atoms with van der Waals surface area (Å²) in [5.74, 6) is 0. The Balaban J connectivity index is 1.98. The first-order chi connectivity index (χ1) is 13.8. The van der Waals surface area contributed by atoms with Crippen molar-refractivity contribution in [3.05, 3.63) is 138 Å². The molecule has 4 aromatic carbocycles. The summed E-state index contributed by atoms with van der Waals surface area (Å²) in [7, 11) is 0. The molecule has 0 aliphatic carbocycles. The third-order valence-corrected chi connectivity index (χ3v) is 4.89. The first kappa shape index (κ1) is 17.9. The number of azo groups is 1. The molecule has 0 fully saturated rings. The molecule has 0 amide bonds.